The van der Waals surface area contributed by atoms with Crippen molar-refractivity contribution in [2.24, 2.45) is 0 Å². The molecule has 13 rings (SSSR count). The second-order valence-corrected chi connectivity index (χ2v) is 17.3. The molecule has 1 aromatic heterocycles. The highest BCUT2D eigenvalue weighted by atomic mass is 15.1. The molecule has 308 valence electrons. The number of fused-ring (bicyclic) bond motifs is 3. The zero-order valence-electron chi connectivity index (χ0n) is 36.1. The van der Waals surface area contributed by atoms with Gasteiger partial charge in [-0.05, 0) is 121 Å². The second kappa shape index (κ2) is 15.5. The van der Waals surface area contributed by atoms with Crippen LogP contribution in [0, 0.1) is 0 Å². The van der Waals surface area contributed by atoms with Crippen LogP contribution in [0.4, 0.5) is 17.1 Å². The third-order valence-electron chi connectivity index (χ3n) is 13.5. The molecule has 12 aromatic carbocycles. The lowest BCUT2D eigenvalue weighted by atomic mass is 9.91. The van der Waals surface area contributed by atoms with Crippen LogP contribution in [0.1, 0.15) is 0 Å². The summed E-state index contributed by atoms with van der Waals surface area (Å²) in [6.07, 6.45) is 0. The van der Waals surface area contributed by atoms with Crippen molar-refractivity contribution in [1.29, 1.82) is 0 Å². The smallest absolute Gasteiger partial charge is 0.0541 e. The van der Waals surface area contributed by atoms with E-state index in [1.807, 2.05) is 0 Å². The molecule has 2 heteroatoms. The van der Waals surface area contributed by atoms with E-state index in [4.69, 9.17) is 0 Å². The van der Waals surface area contributed by atoms with Gasteiger partial charge in [-0.2, -0.15) is 0 Å². The van der Waals surface area contributed by atoms with Crippen molar-refractivity contribution in [1.82, 2.24) is 4.57 Å². The largest absolute Gasteiger partial charge is 0.310 e. The van der Waals surface area contributed by atoms with Crippen LogP contribution in [0.5, 0.6) is 0 Å². The molecule has 0 aliphatic rings. The second-order valence-electron chi connectivity index (χ2n) is 17.3. The van der Waals surface area contributed by atoms with Crippen LogP contribution < -0.4 is 4.90 Å². The third-order valence-corrected chi connectivity index (χ3v) is 13.5. The first-order chi connectivity index (χ1) is 32.7. The standard InChI is InChI=1S/C64H42N2/c1-3-16-43(17-4-1)47-20-13-21-48(40-47)49-22-14-24-51(41-49)65(52-25-15-23-50(42-52)54-27-8-7-26-53(54)44-18-5-2-6-19-44)61-38-34-45-33-37-58-62(39-35-46-32-36-57(61)63(45)64(46)58)66-59-30-11-9-28-55(59)56-29-10-12-31-60(56)66/h1-42H. The molecule has 0 radical (unpaired) electrons. The van der Waals surface area contributed by atoms with Crippen molar-refractivity contribution in [2.45, 2.75) is 0 Å². The molecule has 0 N–H and O–H groups in total. The Balaban J connectivity index is 1.04. The summed E-state index contributed by atoms with van der Waals surface area (Å²) in [6.45, 7) is 0. The maximum Gasteiger partial charge on any atom is 0.0541 e. The number of hydrogen-bond donors (Lipinski definition) is 0. The molecular formula is C64H42N2. The molecule has 66 heavy (non-hydrogen) atoms. The molecule has 2 nitrogen and oxygen atoms in total. The summed E-state index contributed by atoms with van der Waals surface area (Å²) in [6, 6.07) is 93.3. The molecule has 0 aliphatic carbocycles. The van der Waals surface area contributed by atoms with E-state index in [0.717, 1.165) is 28.2 Å². The molecule has 13 aromatic rings. The van der Waals surface area contributed by atoms with E-state index in [9.17, 15) is 0 Å². The van der Waals surface area contributed by atoms with Gasteiger partial charge in [-0.3, -0.25) is 0 Å². The highest BCUT2D eigenvalue weighted by Crippen LogP contribution is 2.47. The van der Waals surface area contributed by atoms with Crippen LogP contribution in [0.3, 0.4) is 0 Å². The number of anilines is 3. The number of nitrogens with zero attached hydrogens (tertiary/aromatic N) is 2. The van der Waals surface area contributed by atoms with Crippen molar-refractivity contribution >= 4 is 71.2 Å². The highest BCUT2D eigenvalue weighted by Gasteiger charge is 2.22. The van der Waals surface area contributed by atoms with E-state index >= 15 is 0 Å². The van der Waals surface area contributed by atoms with Crippen molar-refractivity contribution in [2.75, 3.05) is 4.90 Å². The Kier molecular flexibility index (Phi) is 8.89. The van der Waals surface area contributed by atoms with Gasteiger partial charge in [0.1, 0.15) is 0 Å². The van der Waals surface area contributed by atoms with E-state index < -0.39 is 0 Å². The lowest BCUT2D eigenvalue weighted by Gasteiger charge is -2.29. The van der Waals surface area contributed by atoms with E-state index in [-0.39, 0.29) is 0 Å². The van der Waals surface area contributed by atoms with Crippen LogP contribution in [-0.4, -0.2) is 4.57 Å². The van der Waals surface area contributed by atoms with Crippen LogP contribution in [0.2, 0.25) is 0 Å². The van der Waals surface area contributed by atoms with Crippen LogP contribution in [0.15, 0.2) is 255 Å². The fourth-order valence-electron chi connectivity index (χ4n) is 10.5. The monoisotopic (exact) mass is 838 g/mol. The van der Waals surface area contributed by atoms with Gasteiger partial charge in [-0.1, -0.05) is 200 Å². The van der Waals surface area contributed by atoms with Gasteiger partial charge >= 0.3 is 0 Å². The Bertz CT molecular complexity index is 3880. The molecule has 0 unspecified atom stereocenters. The Morgan fingerprint density at radius 3 is 1.41 bits per heavy atom. The predicted molar refractivity (Wildman–Crippen MR) is 281 cm³/mol. The Morgan fingerprint density at radius 1 is 0.273 bits per heavy atom. The summed E-state index contributed by atoms with van der Waals surface area (Å²) < 4.78 is 2.46. The zero-order chi connectivity index (χ0) is 43.6. The third kappa shape index (κ3) is 6.18. The molecule has 0 saturated heterocycles. The van der Waals surface area contributed by atoms with E-state index in [0.29, 0.717) is 0 Å². The minimum Gasteiger partial charge on any atom is -0.310 e. The first-order valence-corrected chi connectivity index (χ1v) is 22.8. The minimum absolute atomic E-state index is 1.09. The van der Waals surface area contributed by atoms with E-state index in [2.05, 4.69) is 264 Å². The minimum atomic E-state index is 1.09. The van der Waals surface area contributed by atoms with Gasteiger partial charge < -0.3 is 9.47 Å². The van der Waals surface area contributed by atoms with Crippen LogP contribution in [-0.2, 0) is 0 Å². The number of hydrogen-bond acceptors (Lipinski definition) is 1. The van der Waals surface area contributed by atoms with Gasteiger partial charge in [0.25, 0.3) is 0 Å². The van der Waals surface area contributed by atoms with Gasteiger partial charge in [-0.15, -0.1) is 0 Å². The molecule has 1 heterocycles. The number of rotatable bonds is 8. The van der Waals surface area contributed by atoms with Crippen molar-refractivity contribution < 1.29 is 0 Å². The van der Waals surface area contributed by atoms with Crippen molar-refractivity contribution in [3.05, 3.63) is 255 Å². The fourth-order valence-corrected chi connectivity index (χ4v) is 10.5. The van der Waals surface area contributed by atoms with Gasteiger partial charge in [0.15, 0.2) is 0 Å². The summed E-state index contributed by atoms with van der Waals surface area (Å²) >= 11 is 0. The number of benzene rings is 12. The number of para-hydroxylation sites is 2. The normalized spacial score (nSPS) is 11.6. The lowest BCUT2D eigenvalue weighted by molar-refractivity contribution is 1.20. The van der Waals surface area contributed by atoms with Gasteiger partial charge in [-0.25, -0.2) is 0 Å². The molecule has 0 spiro atoms. The maximum atomic E-state index is 2.47. The van der Waals surface area contributed by atoms with E-state index in [1.165, 1.54) is 93.2 Å². The molecular weight excluding hydrogens is 797 g/mol. The molecule has 0 fully saturated rings. The van der Waals surface area contributed by atoms with E-state index in [1.54, 1.807) is 0 Å². The molecule has 0 saturated carbocycles. The average molecular weight is 839 g/mol. The Morgan fingerprint density at radius 2 is 0.727 bits per heavy atom. The molecule has 0 amide bonds. The zero-order valence-corrected chi connectivity index (χ0v) is 36.1. The highest BCUT2D eigenvalue weighted by molar-refractivity contribution is 6.27. The Hall–Kier alpha value is -8.72. The maximum absolute atomic E-state index is 2.47. The Labute approximate surface area is 383 Å². The lowest BCUT2D eigenvalue weighted by Crippen LogP contribution is -2.11. The predicted octanol–water partition coefficient (Wildman–Crippen LogP) is 17.8. The first-order valence-electron chi connectivity index (χ1n) is 22.8. The molecule has 0 bridgehead atoms. The quantitative estimate of drug-likeness (QED) is 0.138. The summed E-state index contributed by atoms with van der Waals surface area (Å²) in [7, 11) is 0. The molecule has 0 aliphatic heterocycles. The van der Waals surface area contributed by atoms with Crippen LogP contribution >= 0.6 is 0 Å². The summed E-state index contributed by atoms with van der Waals surface area (Å²) in [4.78, 5) is 2.47. The summed E-state index contributed by atoms with van der Waals surface area (Å²) in [5, 5.41) is 9.98. The molecule has 0 atom stereocenters. The van der Waals surface area contributed by atoms with Crippen molar-refractivity contribution in [3.8, 4) is 50.2 Å². The van der Waals surface area contributed by atoms with Gasteiger partial charge in [0.2, 0.25) is 0 Å². The van der Waals surface area contributed by atoms with Gasteiger partial charge in [0, 0.05) is 32.9 Å². The summed E-state index contributed by atoms with van der Waals surface area (Å²) in [5.74, 6) is 0. The SMILES string of the molecule is c1ccc(-c2cccc(-c3cccc(N(c4cccc(-c5ccccc5-c5ccccc5)c4)c4ccc5ccc6c(-n7c8ccccc8c8ccccc87)ccc7ccc4c5c76)c3)c2)cc1. The first kappa shape index (κ1) is 37.8. The van der Waals surface area contributed by atoms with Crippen molar-refractivity contribution in [3.63, 3.8) is 0 Å². The number of aromatic nitrogens is 1. The average Bonchev–Trinajstić information content (AvgIpc) is 3.73. The van der Waals surface area contributed by atoms with Crippen LogP contribution in [0.25, 0.3) is 104 Å². The topological polar surface area (TPSA) is 8.17 Å². The summed E-state index contributed by atoms with van der Waals surface area (Å²) in [5.41, 5.74) is 16.4. The fraction of sp³-hybridized carbons (Fsp3) is 0. The van der Waals surface area contributed by atoms with Gasteiger partial charge in [0.05, 0.1) is 22.4 Å².